The van der Waals surface area contributed by atoms with Crippen LogP contribution in [0.5, 0.6) is 0 Å². The average molecular weight is 394 g/mol. The molecule has 1 aliphatic carbocycles. The van der Waals surface area contributed by atoms with Gasteiger partial charge in [0.1, 0.15) is 16.7 Å². The number of halogens is 1. The highest BCUT2D eigenvalue weighted by Gasteiger charge is 2.30. The molecule has 0 saturated heterocycles. The van der Waals surface area contributed by atoms with Gasteiger partial charge in [-0.2, -0.15) is 0 Å². The Hall–Kier alpha value is -2.82. The highest BCUT2D eigenvalue weighted by Crippen LogP contribution is 2.41. The Kier molecular flexibility index (Phi) is 4.72. The van der Waals surface area contributed by atoms with Crippen molar-refractivity contribution in [1.29, 1.82) is 0 Å². The SMILES string of the molecule is Cc1cc2c(C)ccc3[o+]c4ccc([N+](=O)[O-])cc4c-3c2o1.[O-][Cl+3]([O-])([O-])[O-]. The standard InChI is InChI=1S/C17H12NO4.ClHO4/c1-9-3-5-15-16(17-12(9)7-10(2)21-17)13-8-11(18(19)20)4-6-14(13)22-15;2-1(3,4)5/h3-8H,1-2H3;(H,2,3,4,5)/q+1;/p-1. The number of nitro groups is 1. The zero-order valence-corrected chi connectivity index (χ0v) is 14.8. The molecule has 27 heavy (non-hydrogen) atoms. The molecule has 9 nitrogen and oxygen atoms in total. The topological polar surface area (TPSA) is 160 Å². The summed E-state index contributed by atoms with van der Waals surface area (Å²) in [6.45, 7) is 3.89. The summed E-state index contributed by atoms with van der Waals surface area (Å²) in [6.07, 6.45) is 0. The van der Waals surface area contributed by atoms with Crippen molar-refractivity contribution in [3.05, 3.63) is 57.8 Å². The molecular weight excluding hydrogens is 382 g/mol. The Bertz CT molecular complexity index is 1130. The number of non-ortho nitro benzene ring substituents is 1. The van der Waals surface area contributed by atoms with Crippen LogP contribution in [0.15, 0.2) is 45.2 Å². The van der Waals surface area contributed by atoms with Gasteiger partial charge in [0.15, 0.2) is 5.58 Å². The molecule has 0 amide bonds. The Labute approximate surface area is 153 Å². The van der Waals surface area contributed by atoms with Crippen LogP contribution in [0.2, 0.25) is 0 Å². The number of rotatable bonds is 1. The summed E-state index contributed by atoms with van der Waals surface area (Å²) in [4.78, 5) is 10.6. The smallest absolute Gasteiger partial charge is 0.365 e. The predicted octanol–water partition coefficient (Wildman–Crippen LogP) is 0.334. The van der Waals surface area contributed by atoms with Crippen LogP contribution in [0.4, 0.5) is 5.69 Å². The first-order chi connectivity index (χ1) is 12.5. The fourth-order valence-corrected chi connectivity index (χ4v) is 2.85. The van der Waals surface area contributed by atoms with Crippen LogP contribution in [0, 0.1) is 34.2 Å². The van der Waals surface area contributed by atoms with E-state index in [4.69, 9.17) is 27.5 Å². The van der Waals surface area contributed by atoms with Crippen LogP contribution < -0.4 is 18.6 Å². The first kappa shape index (κ1) is 19.0. The average Bonchev–Trinajstić information content (AvgIpc) is 3.06. The van der Waals surface area contributed by atoms with Crippen molar-refractivity contribution in [1.82, 2.24) is 0 Å². The van der Waals surface area contributed by atoms with Gasteiger partial charge in [-0.25, -0.2) is 23.1 Å². The summed E-state index contributed by atoms with van der Waals surface area (Å²) >= 11 is 0. The number of benzene rings is 1. The van der Waals surface area contributed by atoms with Crippen LogP contribution in [0.1, 0.15) is 11.3 Å². The first-order valence-electron chi connectivity index (χ1n) is 7.50. The second-order valence-electron chi connectivity index (χ2n) is 5.77. The molecule has 0 atom stereocenters. The molecule has 10 heteroatoms. The molecule has 0 saturated carbocycles. The molecule has 0 radical (unpaired) electrons. The Morgan fingerprint density at radius 2 is 1.67 bits per heavy atom. The molecule has 0 fully saturated rings. The molecule has 0 bridgehead atoms. The number of hydrogen-bond acceptors (Lipinski definition) is 7. The van der Waals surface area contributed by atoms with Crippen molar-refractivity contribution in [2.75, 3.05) is 0 Å². The number of nitro benzene ring substituents is 1. The maximum absolute atomic E-state index is 11.0. The summed E-state index contributed by atoms with van der Waals surface area (Å²) in [5.74, 6) is 1.45. The minimum absolute atomic E-state index is 0.0369. The number of hydrogen-bond donors (Lipinski definition) is 0. The normalized spacial score (nSPS) is 11.6. The van der Waals surface area contributed by atoms with E-state index in [-0.39, 0.29) is 5.69 Å². The van der Waals surface area contributed by atoms with Crippen molar-refractivity contribution in [3.63, 3.8) is 0 Å². The number of furan rings is 2. The fourth-order valence-electron chi connectivity index (χ4n) is 2.85. The summed E-state index contributed by atoms with van der Waals surface area (Å²) in [5, 5.41) is 12.7. The van der Waals surface area contributed by atoms with Gasteiger partial charge < -0.3 is 4.42 Å². The van der Waals surface area contributed by atoms with Crippen molar-refractivity contribution in [2.24, 2.45) is 0 Å². The van der Waals surface area contributed by atoms with Gasteiger partial charge >= 0.3 is 11.3 Å². The molecule has 0 spiro atoms. The van der Waals surface area contributed by atoms with Gasteiger partial charge in [0, 0.05) is 23.6 Å². The second-order valence-corrected chi connectivity index (χ2v) is 6.53. The van der Waals surface area contributed by atoms with Crippen LogP contribution >= 0.6 is 0 Å². The number of nitrogens with zero attached hydrogens (tertiary/aromatic N) is 1. The molecule has 2 heterocycles. The van der Waals surface area contributed by atoms with E-state index in [9.17, 15) is 10.1 Å². The fraction of sp³-hybridized carbons (Fsp3) is 0.118. The third-order valence-electron chi connectivity index (χ3n) is 3.90. The van der Waals surface area contributed by atoms with E-state index in [1.54, 1.807) is 6.07 Å². The van der Waals surface area contributed by atoms with E-state index in [1.807, 2.05) is 32.0 Å². The molecule has 4 rings (SSSR count). The summed E-state index contributed by atoms with van der Waals surface area (Å²) in [5.41, 5.74) is 3.19. The summed E-state index contributed by atoms with van der Waals surface area (Å²) in [7, 11) is -4.94. The van der Waals surface area contributed by atoms with Gasteiger partial charge in [0.05, 0.1) is 11.0 Å². The molecule has 1 aromatic carbocycles. The monoisotopic (exact) mass is 393 g/mol. The van der Waals surface area contributed by atoms with Crippen LogP contribution in [-0.4, -0.2) is 4.92 Å². The molecule has 140 valence electrons. The highest BCUT2D eigenvalue weighted by atomic mass is 35.7. The maximum Gasteiger partial charge on any atom is 0.365 e. The van der Waals surface area contributed by atoms with E-state index >= 15 is 0 Å². The largest absolute Gasteiger partial charge is 0.460 e. The lowest BCUT2D eigenvalue weighted by molar-refractivity contribution is -2.00. The molecule has 1 aliphatic heterocycles. The zero-order chi connectivity index (χ0) is 19.9. The lowest BCUT2D eigenvalue weighted by Gasteiger charge is -2.17. The van der Waals surface area contributed by atoms with E-state index in [2.05, 4.69) is 0 Å². The van der Waals surface area contributed by atoms with E-state index in [0.717, 1.165) is 22.3 Å². The molecule has 0 unspecified atom stereocenters. The van der Waals surface area contributed by atoms with Crippen molar-refractivity contribution in [3.8, 4) is 11.3 Å². The third-order valence-corrected chi connectivity index (χ3v) is 3.90. The lowest BCUT2D eigenvalue weighted by atomic mass is 10.1. The minimum atomic E-state index is -4.94. The minimum Gasteiger partial charge on any atom is -0.460 e. The molecule has 2 aromatic rings. The molecule has 2 aliphatic rings. The van der Waals surface area contributed by atoms with E-state index in [1.165, 1.54) is 12.1 Å². The second kappa shape index (κ2) is 6.72. The van der Waals surface area contributed by atoms with Gasteiger partial charge in [-0.3, -0.25) is 10.1 Å². The zero-order valence-electron chi connectivity index (χ0n) is 14.1. The Balaban J connectivity index is 0.000000376. The predicted molar refractivity (Wildman–Crippen MR) is 83.1 cm³/mol. The van der Waals surface area contributed by atoms with Crippen LogP contribution in [0.3, 0.4) is 0 Å². The van der Waals surface area contributed by atoms with Gasteiger partial charge in [-0.1, -0.05) is 0 Å². The van der Waals surface area contributed by atoms with Gasteiger partial charge in [-0.15, -0.1) is 10.2 Å². The highest BCUT2D eigenvalue weighted by molar-refractivity contribution is 6.07. The molecule has 0 N–H and O–H groups in total. The molecule has 1 aromatic heterocycles. The van der Waals surface area contributed by atoms with Crippen LogP contribution in [-0.2, 0) is 0 Å². The molecular formula is C17H12ClNO8. The number of aryl methyl sites for hydroxylation is 2. The number of fused-ring (bicyclic) bond motifs is 5. The summed E-state index contributed by atoms with van der Waals surface area (Å²) < 4.78 is 45.7. The van der Waals surface area contributed by atoms with Gasteiger partial charge in [-0.05, 0) is 31.5 Å². The van der Waals surface area contributed by atoms with E-state index < -0.39 is 15.2 Å². The van der Waals surface area contributed by atoms with Crippen molar-refractivity contribution >= 4 is 27.6 Å². The van der Waals surface area contributed by atoms with Gasteiger partial charge in [0.25, 0.3) is 5.69 Å². The van der Waals surface area contributed by atoms with Crippen LogP contribution in [0.25, 0.3) is 33.3 Å². The van der Waals surface area contributed by atoms with Crippen molar-refractivity contribution in [2.45, 2.75) is 13.8 Å². The Morgan fingerprint density at radius 3 is 2.30 bits per heavy atom. The van der Waals surface area contributed by atoms with E-state index in [0.29, 0.717) is 22.3 Å². The third kappa shape index (κ3) is 3.97. The Morgan fingerprint density at radius 1 is 1.00 bits per heavy atom. The lowest BCUT2D eigenvalue weighted by Crippen LogP contribution is -2.68. The van der Waals surface area contributed by atoms with Crippen molar-refractivity contribution < 1.29 is 42.6 Å². The van der Waals surface area contributed by atoms with Gasteiger partial charge in [0.2, 0.25) is 0 Å². The summed E-state index contributed by atoms with van der Waals surface area (Å²) in [6, 6.07) is 10.4. The first-order valence-corrected chi connectivity index (χ1v) is 8.73. The maximum atomic E-state index is 11.0. The quantitative estimate of drug-likeness (QED) is 0.254.